The quantitative estimate of drug-likeness (QED) is 0.909. The van der Waals surface area contributed by atoms with Gasteiger partial charge in [0.2, 0.25) is 0 Å². The molecule has 122 valence electrons. The van der Waals surface area contributed by atoms with E-state index in [-0.39, 0.29) is 11.9 Å². The average Bonchev–Trinajstić information content (AvgIpc) is 3.03. The average molecular weight is 305 g/mol. The zero-order chi connectivity index (χ0) is 16.3. The van der Waals surface area contributed by atoms with E-state index in [1.807, 2.05) is 49.9 Å². The summed E-state index contributed by atoms with van der Waals surface area (Å²) in [5.74, 6) is 0.642. The zero-order valence-electron chi connectivity index (χ0n) is 14.0. The van der Waals surface area contributed by atoms with Gasteiger partial charge in [-0.05, 0) is 42.4 Å². The molecule has 2 rings (SSSR count). The molecular weight excluding hydrogens is 278 g/mol. The molecule has 0 radical (unpaired) electrons. The topological polar surface area (TPSA) is 49.8 Å². The Morgan fingerprint density at radius 3 is 2.86 bits per heavy atom. The van der Waals surface area contributed by atoms with Crippen molar-refractivity contribution in [3.05, 3.63) is 29.8 Å². The van der Waals surface area contributed by atoms with Crippen LogP contribution in [0.2, 0.25) is 0 Å². The third-order valence-corrected chi connectivity index (χ3v) is 4.90. The fraction of sp³-hybridized carbons (Fsp3) is 0.611. The van der Waals surface area contributed by atoms with Crippen LogP contribution in [0.5, 0.6) is 5.75 Å². The Balaban J connectivity index is 2.21. The molecule has 1 saturated heterocycles. The van der Waals surface area contributed by atoms with Crippen LogP contribution in [0.15, 0.2) is 24.3 Å². The van der Waals surface area contributed by atoms with Crippen LogP contribution >= 0.6 is 0 Å². The van der Waals surface area contributed by atoms with Gasteiger partial charge < -0.3 is 14.7 Å². The Morgan fingerprint density at radius 1 is 1.50 bits per heavy atom. The van der Waals surface area contributed by atoms with Gasteiger partial charge in [-0.15, -0.1) is 0 Å². The maximum atomic E-state index is 12.7. The lowest BCUT2D eigenvalue weighted by Crippen LogP contribution is -2.45. The van der Waals surface area contributed by atoms with Gasteiger partial charge in [0.15, 0.2) is 0 Å². The number of aliphatic hydroxyl groups is 1. The van der Waals surface area contributed by atoms with Crippen LogP contribution in [0.4, 0.5) is 0 Å². The maximum Gasteiger partial charge on any atom is 0.252 e. The van der Waals surface area contributed by atoms with E-state index in [0.29, 0.717) is 6.54 Å². The number of ether oxygens (including phenoxy) is 1. The third-order valence-electron chi connectivity index (χ3n) is 4.90. The van der Waals surface area contributed by atoms with Crippen molar-refractivity contribution in [1.29, 1.82) is 0 Å². The van der Waals surface area contributed by atoms with Gasteiger partial charge in [0.25, 0.3) is 5.91 Å². The number of carbonyl (C=O) groups is 1. The van der Waals surface area contributed by atoms with Gasteiger partial charge >= 0.3 is 0 Å². The van der Waals surface area contributed by atoms with Crippen LogP contribution in [-0.2, 0) is 4.79 Å². The Hall–Kier alpha value is -1.55. The summed E-state index contributed by atoms with van der Waals surface area (Å²) in [6, 6.07) is 7.88. The van der Waals surface area contributed by atoms with Crippen molar-refractivity contribution in [2.75, 3.05) is 13.7 Å². The molecule has 4 nitrogen and oxygen atoms in total. The van der Waals surface area contributed by atoms with E-state index < -0.39 is 11.5 Å². The highest BCUT2D eigenvalue weighted by Crippen LogP contribution is 2.36. The monoisotopic (exact) mass is 305 g/mol. The molecule has 2 unspecified atom stereocenters. The number of hydrogen-bond acceptors (Lipinski definition) is 3. The van der Waals surface area contributed by atoms with Crippen molar-refractivity contribution in [2.24, 2.45) is 5.41 Å². The molecule has 1 aliphatic heterocycles. The normalized spacial score (nSPS) is 20.0. The highest BCUT2D eigenvalue weighted by atomic mass is 16.5. The molecule has 0 bridgehead atoms. The van der Waals surface area contributed by atoms with Gasteiger partial charge in [0.05, 0.1) is 13.2 Å². The summed E-state index contributed by atoms with van der Waals surface area (Å²) in [7, 11) is 1.64. The highest BCUT2D eigenvalue weighted by Gasteiger charge is 2.39. The predicted molar refractivity (Wildman–Crippen MR) is 86.8 cm³/mol. The zero-order valence-corrected chi connectivity index (χ0v) is 14.0. The molecule has 0 aromatic heterocycles. The van der Waals surface area contributed by atoms with Crippen molar-refractivity contribution in [1.82, 2.24) is 4.90 Å². The van der Waals surface area contributed by atoms with E-state index in [1.54, 1.807) is 7.11 Å². The molecule has 2 atom stereocenters. The minimum Gasteiger partial charge on any atom is -0.497 e. The van der Waals surface area contributed by atoms with Crippen molar-refractivity contribution >= 4 is 5.91 Å². The maximum absolute atomic E-state index is 12.7. The molecular formula is C18H27NO3. The van der Waals surface area contributed by atoms with Crippen molar-refractivity contribution < 1.29 is 14.6 Å². The number of methoxy groups -OCH3 is 1. The molecule has 1 aromatic carbocycles. The number of aliphatic hydroxyl groups excluding tert-OH is 1. The SMILES string of the molecule is CCC(C)(C)C(O)C(=O)N1CCCC1c1cccc(OC)c1. The second kappa shape index (κ2) is 6.69. The Morgan fingerprint density at radius 2 is 2.23 bits per heavy atom. The third kappa shape index (κ3) is 3.27. The number of benzene rings is 1. The number of amides is 1. The lowest BCUT2D eigenvalue weighted by molar-refractivity contribution is -0.147. The molecule has 1 aromatic rings. The van der Waals surface area contributed by atoms with Crippen molar-refractivity contribution in [3.63, 3.8) is 0 Å². The van der Waals surface area contributed by atoms with Crippen LogP contribution in [0.3, 0.4) is 0 Å². The summed E-state index contributed by atoms with van der Waals surface area (Å²) < 4.78 is 5.28. The first kappa shape index (κ1) is 16.8. The number of rotatable bonds is 5. The van der Waals surface area contributed by atoms with E-state index in [1.165, 1.54) is 0 Å². The van der Waals surface area contributed by atoms with Crippen LogP contribution in [0.1, 0.15) is 51.6 Å². The molecule has 1 fully saturated rings. The van der Waals surface area contributed by atoms with Crippen LogP contribution in [0.25, 0.3) is 0 Å². The summed E-state index contributed by atoms with van der Waals surface area (Å²) >= 11 is 0. The molecule has 0 saturated carbocycles. The van der Waals surface area contributed by atoms with E-state index in [0.717, 1.165) is 30.6 Å². The van der Waals surface area contributed by atoms with Gasteiger partial charge in [0.1, 0.15) is 11.9 Å². The fourth-order valence-corrected chi connectivity index (χ4v) is 2.91. The minimum atomic E-state index is -0.955. The molecule has 22 heavy (non-hydrogen) atoms. The van der Waals surface area contributed by atoms with E-state index >= 15 is 0 Å². The molecule has 1 amide bonds. The summed E-state index contributed by atoms with van der Waals surface area (Å²) in [4.78, 5) is 14.6. The van der Waals surface area contributed by atoms with Gasteiger partial charge in [-0.3, -0.25) is 4.79 Å². The number of nitrogens with zero attached hydrogens (tertiary/aromatic N) is 1. The first-order valence-electron chi connectivity index (χ1n) is 8.03. The predicted octanol–water partition coefficient (Wildman–Crippen LogP) is 3.16. The van der Waals surface area contributed by atoms with E-state index in [9.17, 15) is 9.90 Å². The van der Waals surface area contributed by atoms with Gasteiger partial charge in [-0.25, -0.2) is 0 Å². The lowest BCUT2D eigenvalue weighted by atomic mass is 9.83. The Labute approximate surface area is 133 Å². The number of carbonyl (C=O) groups excluding carboxylic acids is 1. The Bertz CT molecular complexity index is 527. The van der Waals surface area contributed by atoms with E-state index in [4.69, 9.17) is 4.74 Å². The molecule has 1 N–H and O–H groups in total. The minimum absolute atomic E-state index is 0.0323. The molecule has 0 aliphatic carbocycles. The standard InChI is InChI=1S/C18H27NO3/c1-5-18(2,3)16(20)17(21)19-11-7-10-15(19)13-8-6-9-14(12-13)22-4/h6,8-9,12,15-16,20H,5,7,10-11H2,1-4H3. The van der Waals surface area contributed by atoms with Gasteiger partial charge in [0, 0.05) is 6.54 Å². The molecule has 1 aliphatic rings. The van der Waals surface area contributed by atoms with Crippen LogP contribution in [-0.4, -0.2) is 35.7 Å². The number of likely N-dealkylation sites (tertiary alicyclic amines) is 1. The fourth-order valence-electron chi connectivity index (χ4n) is 2.91. The summed E-state index contributed by atoms with van der Waals surface area (Å²) in [5, 5.41) is 10.5. The number of hydrogen-bond donors (Lipinski definition) is 1. The van der Waals surface area contributed by atoms with Gasteiger partial charge in [-0.2, -0.15) is 0 Å². The first-order valence-corrected chi connectivity index (χ1v) is 8.03. The van der Waals surface area contributed by atoms with Gasteiger partial charge in [-0.1, -0.05) is 32.9 Å². The summed E-state index contributed by atoms with van der Waals surface area (Å²) in [6.07, 6.45) is 1.70. The van der Waals surface area contributed by atoms with E-state index in [2.05, 4.69) is 0 Å². The first-order chi connectivity index (χ1) is 10.4. The summed E-state index contributed by atoms with van der Waals surface area (Å²) in [5.41, 5.74) is 0.671. The van der Waals surface area contributed by atoms with Crippen molar-refractivity contribution in [2.45, 2.75) is 52.2 Å². The molecule has 0 spiro atoms. The van der Waals surface area contributed by atoms with Crippen LogP contribution in [0, 0.1) is 5.41 Å². The molecule has 4 heteroatoms. The smallest absolute Gasteiger partial charge is 0.252 e. The van der Waals surface area contributed by atoms with Crippen LogP contribution < -0.4 is 4.74 Å². The Kier molecular flexibility index (Phi) is 5.12. The summed E-state index contributed by atoms with van der Waals surface area (Å²) in [6.45, 7) is 6.58. The largest absolute Gasteiger partial charge is 0.497 e. The second-order valence-corrected chi connectivity index (χ2v) is 6.71. The highest BCUT2D eigenvalue weighted by molar-refractivity contribution is 5.82. The lowest BCUT2D eigenvalue weighted by Gasteiger charge is -2.34. The van der Waals surface area contributed by atoms with Crippen molar-refractivity contribution in [3.8, 4) is 5.75 Å². The molecule has 1 heterocycles. The second-order valence-electron chi connectivity index (χ2n) is 6.71.